The molecule has 1 fully saturated rings. The fourth-order valence-electron chi connectivity index (χ4n) is 3.52. The Bertz CT molecular complexity index is 557. The molecule has 1 aliphatic heterocycles. The smallest absolute Gasteiger partial charge is 0.225 e. The predicted molar refractivity (Wildman–Crippen MR) is 94.9 cm³/mol. The third kappa shape index (κ3) is 4.22. The van der Waals surface area contributed by atoms with Gasteiger partial charge in [0.1, 0.15) is 5.82 Å². The Morgan fingerprint density at radius 2 is 2.04 bits per heavy atom. The molecule has 0 aliphatic carbocycles. The molecule has 1 aromatic heterocycles. The number of carbonyl (C=O) groups excluding carboxylic acids is 1. The van der Waals surface area contributed by atoms with Crippen molar-refractivity contribution in [2.75, 3.05) is 13.1 Å². The Morgan fingerprint density at radius 3 is 2.61 bits per heavy atom. The molecule has 1 atom stereocenters. The molecule has 1 aliphatic rings. The Labute approximate surface area is 144 Å². The van der Waals surface area contributed by atoms with Gasteiger partial charge in [0.2, 0.25) is 5.91 Å². The summed E-state index contributed by atoms with van der Waals surface area (Å²) in [6.07, 6.45) is 6.25. The zero-order valence-corrected chi connectivity index (χ0v) is 15.5. The van der Waals surface area contributed by atoms with Crippen LogP contribution in [0.3, 0.4) is 0 Å². The van der Waals surface area contributed by atoms with Crippen LogP contribution in [-0.2, 0) is 11.3 Å². The van der Waals surface area contributed by atoms with E-state index < -0.39 is 0 Å². The molecule has 2 rings (SSSR count). The lowest BCUT2D eigenvalue weighted by Crippen LogP contribution is -2.41. The number of nitrogens with one attached hydrogen (secondary N) is 1. The first kappa shape index (κ1) is 18.2. The van der Waals surface area contributed by atoms with Gasteiger partial charge >= 0.3 is 0 Å². The first-order valence-corrected chi connectivity index (χ1v) is 9.46. The third-order valence-electron chi connectivity index (χ3n) is 5.02. The Kier molecular flexibility index (Phi) is 6.81. The van der Waals surface area contributed by atoms with Gasteiger partial charge in [-0.15, -0.1) is 0 Å². The topological polar surface area (TPSA) is 53.9 Å². The van der Waals surface area contributed by atoms with Crippen molar-refractivity contribution >= 4 is 18.1 Å². The molecule has 2 heterocycles. The van der Waals surface area contributed by atoms with Gasteiger partial charge in [0.15, 0.2) is 4.77 Å². The number of piperidine rings is 1. The molecular weight excluding hydrogens is 308 g/mol. The maximum Gasteiger partial charge on any atom is 0.225 e. The molecule has 6 heteroatoms. The van der Waals surface area contributed by atoms with Gasteiger partial charge in [0.25, 0.3) is 0 Å². The fraction of sp³-hybridized carbons (Fsp3) is 0.824. The van der Waals surface area contributed by atoms with Crippen LogP contribution in [0.5, 0.6) is 0 Å². The summed E-state index contributed by atoms with van der Waals surface area (Å²) >= 11 is 5.28. The van der Waals surface area contributed by atoms with E-state index in [0.717, 1.165) is 64.0 Å². The molecule has 0 radical (unpaired) electrons. The molecule has 0 spiro atoms. The largest absolute Gasteiger partial charge is 0.342 e. The van der Waals surface area contributed by atoms with Crippen molar-refractivity contribution in [2.45, 2.75) is 71.8 Å². The zero-order chi connectivity index (χ0) is 16.8. The molecule has 1 amide bonds. The first-order chi connectivity index (χ1) is 11.1. The van der Waals surface area contributed by atoms with Gasteiger partial charge in [0, 0.05) is 31.5 Å². The number of carbonyl (C=O) groups is 1. The second kappa shape index (κ2) is 8.62. The minimum absolute atomic E-state index is 0.205. The molecule has 23 heavy (non-hydrogen) atoms. The molecule has 0 bridgehead atoms. The maximum absolute atomic E-state index is 12.7. The van der Waals surface area contributed by atoms with Crippen LogP contribution in [0.1, 0.15) is 71.0 Å². The highest BCUT2D eigenvalue weighted by Gasteiger charge is 2.29. The van der Waals surface area contributed by atoms with E-state index in [4.69, 9.17) is 12.2 Å². The number of hydrogen-bond acceptors (Lipinski definition) is 3. The van der Waals surface area contributed by atoms with Crippen molar-refractivity contribution in [1.82, 2.24) is 19.7 Å². The van der Waals surface area contributed by atoms with Gasteiger partial charge in [-0.25, -0.2) is 0 Å². The maximum atomic E-state index is 12.7. The second-order valence-electron chi connectivity index (χ2n) is 6.48. The highest BCUT2D eigenvalue weighted by molar-refractivity contribution is 7.71. The number of unbranched alkanes of at least 4 members (excludes halogenated alkanes) is 1. The van der Waals surface area contributed by atoms with E-state index in [2.05, 4.69) is 40.4 Å². The number of H-pyrrole nitrogens is 1. The summed E-state index contributed by atoms with van der Waals surface area (Å²) < 4.78 is 2.78. The monoisotopic (exact) mass is 338 g/mol. The van der Waals surface area contributed by atoms with Crippen LogP contribution in [0.25, 0.3) is 0 Å². The molecule has 1 unspecified atom stereocenters. The van der Waals surface area contributed by atoms with E-state index in [0.29, 0.717) is 16.6 Å². The zero-order valence-electron chi connectivity index (χ0n) is 14.7. The highest BCUT2D eigenvalue weighted by Crippen LogP contribution is 2.28. The van der Waals surface area contributed by atoms with Crippen molar-refractivity contribution < 1.29 is 4.79 Å². The summed E-state index contributed by atoms with van der Waals surface area (Å²) in [7, 11) is 0. The van der Waals surface area contributed by atoms with Crippen molar-refractivity contribution in [1.29, 1.82) is 0 Å². The Balaban J connectivity index is 1.95. The van der Waals surface area contributed by atoms with Gasteiger partial charge in [-0.1, -0.05) is 26.7 Å². The van der Waals surface area contributed by atoms with Crippen LogP contribution in [0, 0.1) is 10.7 Å². The first-order valence-electron chi connectivity index (χ1n) is 9.06. The molecule has 130 valence electrons. The van der Waals surface area contributed by atoms with E-state index in [9.17, 15) is 4.79 Å². The van der Waals surface area contributed by atoms with Crippen LogP contribution < -0.4 is 0 Å². The lowest BCUT2D eigenvalue weighted by atomic mass is 9.92. The average molecular weight is 339 g/mol. The molecule has 1 N–H and O–H groups in total. The van der Waals surface area contributed by atoms with E-state index >= 15 is 0 Å². The normalized spacial score (nSPS) is 17.4. The summed E-state index contributed by atoms with van der Waals surface area (Å²) in [6.45, 7) is 8.93. The lowest BCUT2D eigenvalue weighted by molar-refractivity contribution is -0.137. The minimum Gasteiger partial charge on any atom is -0.342 e. The SMILES string of the molecule is CCCCC(CC)C(=O)N1CCC(c2n[nH]c(=S)n2CC)CC1. The van der Waals surface area contributed by atoms with Crippen LogP contribution in [0.2, 0.25) is 0 Å². The number of nitrogens with zero attached hydrogens (tertiary/aromatic N) is 3. The van der Waals surface area contributed by atoms with Gasteiger partial charge < -0.3 is 9.47 Å². The Hall–Kier alpha value is -1.17. The molecule has 5 nitrogen and oxygen atoms in total. The highest BCUT2D eigenvalue weighted by atomic mass is 32.1. The average Bonchev–Trinajstić information content (AvgIpc) is 2.96. The van der Waals surface area contributed by atoms with E-state index in [1.165, 1.54) is 0 Å². The van der Waals surface area contributed by atoms with Gasteiger partial charge in [-0.05, 0) is 44.8 Å². The van der Waals surface area contributed by atoms with Crippen LogP contribution >= 0.6 is 12.2 Å². The van der Waals surface area contributed by atoms with Gasteiger partial charge in [-0.2, -0.15) is 5.10 Å². The van der Waals surface area contributed by atoms with Gasteiger partial charge in [0.05, 0.1) is 0 Å². The quantitative estimate of drug-likeness (QED) is 0.768. The lowest BCUT2D eigenvalue weighted by Gasteiger charge is -2.34. The molecule has 0 saturated carbocycles. The Morgan fingerprint density at radius 1 is 1.35 bits per heavy atom. The van der Waals surface area contributed by atoms with Crippen LogP contribution in [-0.4, -0.2) is 38.7 Å². The number of aromatic amines is 1. The number of likely N-dealkylation sites (tertiary alicyclic amines) is 1. The summed E-state index contributed by atoms with van der Waals surface area (Å²) in [5.41, 5.74) is 0. The number of rotatable bonds is 7. The molecule has 0 aromatic carbocycles. The molecular formula is C17H30N4OS. The number of amides is 1. The van der Waals surface area contributed by atoms with Crippen LogP contribution in [0.15, 0.2) is 0 Å². The summed E-state index contributed by atoms with van der Waals surface area (Å²) in [5, 5.41) is 7.32. The summed E-state index contributed by atoms with van der Waals surface area (Å²) in [6, 6.07) is 0. The molecule has 1 aromatic rings. The fourth-order valence-corrected chi connectivity index (χ4v) is 3.78. The minimum atomic E-state index is 0.205. The van der Waals surface area contributed by atoms with Crippen molar-refractivity contribution in [3.05, 3.63) is 10.6 Å². The van der Waals surface area contributed by atoms with Crippen molar-refractivity contribution in [2.24, 2.45) is 5.92 Å². The molecule has 1 saturated heterocycles. The number of aromatic nitrogens is 3. The second-order valence-corrected chi connectivity index (χ2v) is 6.86. The van der Waals surface area contributed by atoms with Crippen molar-refractivity contribution in [3.63, 3.8) is 0 Å². The van der Waals surface area contributed by atoms with E-state index in [-0.39, 0.29) is 5.92 Å². The van der Waals surface area contributed by atoms with Crippen molar-refractivity contribution in [3.8, 4) is 0 Å². The summed E-state index contributed by atoms with van der Waals surface area (Å²) in [4.78, 5) is 14.8. The third-order valence-corrected chi connectivity index (χ3v) is 5.34. The standard InChI is InChI=1S/C17H30N4OS/c1-4-7-8-13(5-2)16(22)20-11-9-14(10-12-20)15-18-19-17(23)21(15)6-3/h13-14H,4-12H2,1-3H3,(H,19,23). The van der Waals surface area contributed by atoms with E-state index in [1.807, 2.05) is 0 Å². The van der Waals surface area contributed by atoms with E-state index in [1.54, 1.807) is 0 Å². The summed E-state index contributed by atoms with van der Waals surface area (Å²) in [5.74, 6) is 2.02. The predicted octanol–water partition coefficient (Wildman–Crippen LogP) is 3.88. The van der Waals surface area contributed by atoms with Gasteiger partial charge in [-0.3, -0.25) is 9.89 Å². The van der Waals surface area contributed by atoms with Crippen LogP contribution in [0.4, 0.5) is 0 Å². The number of hydrogen-bond donors (Lipinski definition) is 1.